The molecule has 0 aromatic heterocycles. The van der Waals surface area contributed by atoms with Crippen LogP contribution in [-0.4, -0.2) is 10.2 Å². The first-order valence-electron chi connectivity index (χ1n) is 5.26. The molecule has 0 unspecified atom stereocenters. The molecule has 0 heterocycles. The summed E-state index contributed by atoms with van der Waals surface area (Å²) in [4.78, 5) is 0. The Morgan fingerprint density at radius 3 is 2.56 bits per heavy atom. The average Bonchev–Trinajstić information content (AvgIpc) is 2.30. The van der Waals surface area contributed by atoms with Gasteiger partial charge >= 0.3 is 0 Å². The topological polar surface area (TPSA) is 52.5 Å². The summed E-state index contributed by atoms with van der Waals surface area (Å²) in [5, 5.41) is 21.8. The van der Waals surface area contributed by atoms with Gasteiger partial charge in [-0.05, 0) is 46.3 Å². The van der Waals surface area contributed by atoms with E-state index in [-0.39, 0.29) is 17.3 Å². The molecule has 0 amide bonds. The van der Waals surface area contributed by atoms with Crippen LogP contribution in [0.2, 0.25) is 0 Å². The highest BCUT2D eigenvalue weighted by Gasteiger charge is 2.04. The molecule has 3 nitrogen and oxygen atoms in total. The van der Waals surface area contributed by atoms with Gasteiger partial charge in [0.1, 0.15) is 17.3 Å². The van der Waals surface area contributed by atoms with Crippen LogP contribution < -0.4 is 5.32 Å². The molecular weight excluding hydrogens is 301 g/mol. The fraction of sp³-hybridized carbons (Fsp3) is 0.0769. The third-order valence-corrected chi connectivity index (χ3v) is 3.13. The Morgan fingerprint density at radius 2 is 1.89 bits per heavy atom. The molecule has 0 radical (unpaired) electrons. The van der Waals surface area contributed by atoms with Crippen molar-refractivity contribution in [2.75, 3.05) is 5.32 Å². The van der Waals surface area contributed by atoms with Gasteiger partial charge in [0, 0.05) is 28.3 Å². The predicted molar refractivity (Wildman–Crippen MR) is 71.2 cm³/mol. The van der Waals surface area contributed by atoms with Gasteiger partial charge < -0.3 is 15.5 Å². The number of anilines is 1. The lowest BCUT2D eigenvalue weighted by Crippen LogP contribution is -2.00. The summed E-state index contributed by atoms with van der Waals surface area (Å²) in [6.45, 7) is 0.371. The van der Waals surface area contributed by atoms with Crippen LogP contribution in [0.15, 0.2) is 40.9 Å². The molecule has 0 saturated heterocycles. The Balaban J connectivity index is 2.11. The Bertz CT molecular complexity index is 523. The van der Waals surface area contributed by atoms with Crippen LogP contribution in [0.3, 0.4) is 0 Å². The molecular formula is C13H11BrFNO2. The largest absolute Gasteiger partial charge is 0.508 e. The molecule has 0 atom stereocenters. The first-order valence-corrected chi connectivity index (χ1v) is 6.05. The molecule has 2 aromatic rings. The number of phenolic OH excluding ortho intramolecular Hbond substituents is 2. The van der Waals surface area contributed by atoms with Crippen molar-refractivity contribution in [2.45, 2.75) is 6.54 Å². The van der Waals surface area contributed by atoms with E-state index in [9.17, 15) is 9.50 Å². The number of phenols is 2. The van der Waals surface area contributed by atoms with E-state index in [2.05, 4.69) is 21.2 Å². The summed E-state index contributed by atoms with van der Waals surface area (Å²) in [6.07, 6.45) is 0. The van der Waals surface area contributed by atoms with Crippen LogP contribution in [0.25, 0.3) is 0 Å². The zero-order valence-corrected chi connectivity index (χ0v) is 10.9. The normalized spacial score (nSPS) is 10.3. The van der Waals surface area contributed by atoms with Crippen LogP contribution >= 0.6 is 15.9 Å². The molecule has 2 aromatic carbocycles. The van der Waals surface area contributed by atoms with E-state index in [1.54, 1.807) is 12.1 Å². The maximum absolute atomic E-state index is 12.9. The van der Waals surface area contributed by atoms with Crippen molar-refractivity contribution in [3.8, 4) is 11.5 Å². The highest BCUT2D eigenvalue weighted by molar-refractivity contribution is 9.10. The van der Waals surface area contributed by atoms with Gasteiger partial charge in [0.05, 0.1) is 0 Å². The minimum atomic E-state index is -0.320. The fourth-order valence-electron chi connectivity index (χ4n) is 1.53. The van der Waals surface area contributed by atoms with Crippen LogP contribution in [0.5, 0.6) is 11.5 Å². The van der Waals surface area contributed by atoms with Gasteiger partial charge in [-0.1, -0.05) is 0 Å². The monoisotopic (exact) mass is 311 g/mol. The molecule has 18 heavy (non-hydrogen) atoms. The predicted octanol–water partition coefficient (Wildman–Crippen LogP) is 3.61. The van der Waals surface area contributed by atoms with Crippen LogP contribution in [0.1, 0.15) is 5.56 Å². The highest BCUT2D eigenvalue weighted by atomic mass is 79.9. The zero-order chi connectivity index (χ0) is 13.1. The molecule has 0 spiro atoms. The molecule has 0 aliphatic rings. The zero-order valence-electron chi connectivity index (χ0n) is 9.32. The van der Waals surface area contributed by atoms with Gasteiger partial charge in [-0.3, -0.25) is 0 Å². The van der Waals surface area contributed by atoms with Gasteiger partial charge in [-0.25, -0.2) is 4.39 Å². The van der Waals surface area contributed by atoms with E-state index >= 15 is 0 Å². The Morgan fingerprint density at radius 1 is 1.11 bits per heavy atom. The van der Waals surface area contributed by atoms with Gasteiger partial charge in [0.15, 0.2) is 0 Å². The number of hydrogen-bond acceptors (Lipinski definition) is 3. The lowest BCUT2D eigenvalue weighted by atomic mass is 10.2. The molecule has 0 aliphatic carbocycles. The number of aromatic hydroxyl groups is 2. The second-order valence-electron chi connectivity index (χ2n) is 3.79. The lowest BCUT2D eigenvalue weighted by Gasteiger charge is -2.10. The van der Waals surface area contributed by atoms with Crippen LogP contribution in [0, 0.1) is 5.82 Å². The molecule has 0 bridgehead atoms. The van der Waals surface area contributed by atoms with E-state index in [0.29, 0.717) is 16.6 Å². The third kappa shape index (κ3) is 2.92. The summed E-state index contributed by atoms with van der Waals surface area (Å²) in [6, 6.07) is 8.71. The second kappa shape index (κ2) is 5.27. The van der Waals surface area contributed by atoms with Crippen molar-refractivity contribution in [3.63, 3.8) is 0 Å². The van der Waals surface area contributed by atoms with Crippen molar-refractivity contribution in [1.29, 1.82) is 0 Å². The van der Waals surface area contributed by atoms with Gasteiger partial charge in [-0.15, -0.1) is 0 Å². The van der Waals surface area contributed by atoms with Gasteiger partial charge in [0.2, 0.25) is 0 Å². The SMILES string of the molecule is Oc1ccc(CNc2ccc(F)cc2Br)c(O)c1. The minimum Gasteiger partial charge on any atom is -0.508 e. The lowest BCUT2D eigenvalue weighted by molar-refractivity contribution is 0.446. The second-order valence-corrected chi connectivity index (χ2v) is 4.65. The molecule has 2 rings (SSSR count). The molecule has 0 saturated carbocycles. The Labute approximate surface area is 112 Å². The number of benzene rings is 2. The third-order valence-electron chi connectivity index (χ3n) is 2.47. The highest BCUT2D eigenvalue weighted by Crippen LogP contribution is 2.26. The summed E-state index contributed by atoms with van der Waals surface area (Å²) in [5.74, 6) is -0.292. The van der Waals surface area contributed by atoms with Crippen molar-refractivity contribution in [2.24, 2.45) is 0 Å². The van der Waals surface area contributed by atoms with Gasteiger partial charge in [-0.2, -0.15) is 0 Å². The molecule has 0 aliphatic heterocycles. The van der Waals surface area contributed by atoms with Crippen molar-refractivity contribution in [1.82, 2.24) is 0 Å². The smallest absolute Gasteiger partial charge is 0.124 e. The van der Waals surface area contributed by atoms with Crippen molar-refractivity contribution >= 4 is 21.6 Å². The van der Waals surface area contributed by atoms with E-state index < -0.39 is 0 Å². The van der Waals surface area contributed by atoms with E-state index in [4.69, 9.17) is 5.11 Å². The summed E-state index contributed by atoms with van der Waals surface area (Å²) in [5.41, 5.74) is 1.37. The van der Waals surface area contributed by atoms with Crippen molar-refractivity contribution < 1.29 is 14.6 Å². The van der Waals surface area contributed by atoms with Gasteiger partial charge in [0.25, 0.3) is 0 Å². The van der Waals surface area contributed by atoms with E-state index in [1.807, 2.05) is 0 Å². The fourth-order valence-corrected chi connectivity index (χ4v) is 2.02. The average molecular weight is 312 g/mol. The number of nitrogens with one attached hydrogen (secondary N) is 1. The molecule has 5 heteroatoms. The number of hydrogen-bond donors (Lipinski definition) is 3. The van der Waals surface area contributed by atoms with Crippen LogP contribution in [-0.2, 0) is 6.54 Å². The quantitative estimate of drug-likeness (QED) is 0.811. The maximum atomic E-state index is 12.9. The molecule has 94 valence electrons. The number of halogens is 2. The van der Waals surface area contributed by atoms with E-state index in [0.717, 1.165) is 5.69 Å². The Hall–Kier alpha value is -1.75. The molecule has 3 N–H and O–H groups in total. The summed E-state index contributed by atoms with van der Waals surface area (Å²) < 4.78 is 13.5. The van der Waals surface area contributed by atoms with Crippen LogP contribution in [0.4, 0.5) is 10.1 Å². The standard InChI is InChI=1S/C13H11BrFNO2/c14-11-5-9(15)2-4-12(11)16-7-8-1-3-10(17)6-13(8)18/h1-6,16-18H,7H2. The maximum Gasteiger partial charge on any atom is 0.124 e. The Kier molecular flexibility index (Phi) is 3.72. The minimum absolute atomic E-state index is 0.0132. The molecule has 0 fully saturated rings. The first kappa shape index (κ1) is 12.7. The summed E-state index contributed by atoms with van der Waals surface area (Å²) >= 11 is 3.25. The van der Waals surface area contributed by atoms with Crippen molar-refractivity contribution in [3.05, 3.63) is 52.3 Å². The van der Waals surface area contributed by atoms with E-state index in [1.165, 1.54) is 24.3 Å². The summed E-state index contributed by atoms with van der Waals surface area (Å²) in [7, 11) is 0. The first-order chi connectivity index (χ1) is 8.56. The number of rotatable bonds is 3.